The minimum Gasteiger partial charge on any atom is -0.509 e. The minimum atomic E-state index is -0.873. The Kier molecular flexibility index (Phi) is 5.82. The minimum absolute atomic E-state index is 0.0317. The molecule has 164 valence electrons. The van der Waals surface area contributed by atoms with E-state index in [0.717, 1.165) is 4.90 Å². The molecule has 10 nitrogen and oxygen atoms in total. The van der Waals surface area contributed by atoms with Crippen LogP contribution in [0.5, 0.6) is 5.75 Å². The highest BCUT2D eigenvalue weighted by atomic mass is 32.2. The number of thioether (sulfide) groups is 1. The second-order valence-electron chi connectivity index (χ2n) is 6.99. The van der Waals surface area contributed by atoms with Crippen LogP contribution in [0.15, 0.2) is 65.0 Å². The number of amides is 1. The van der Waals surface area contributed by atoms with Crippen LogP contribution >= 0.6 is 11.8 Å². The lowest BCUT2D eigenvalue weighted by molar-refractivity contribution is -0.384. The number of ether oxygens (including phenoxy) is 1. The van der Waals surface area contributed by atoms with Crippen LogP contribution in [0.2, 0.25) is 0 Å². The van der Waals surface area contributed by atoms with Crippen molar-refractivity contribution in [1.82, 2.24) is 4.90 Å². The number of carbonyl (C=O) groups is 2. The topological polar surface area (TPSA) is 143 Å². The average Bonchev–Trinajstić information content (AvgIpc) is 2.79. The summed E-state index contributed by atoms with van der Waals surface area (Å²) in [5.41, 5.74) is 0.662. The highest BCUT2D eigenvalue weighted by Crippen LogP contribution is 2.41. The van der Waals surface area contributed by atoms with Crippen LogP contribution in [0.4, 0.5) is 5.69 Å². The molecule has 4 rings (SSSR count). The van der Waals surface area contributed by atoms with Crippen LogP contribution in [0, 0.1) is 10.1 Å². The number of hydrogen-bond donors (Lipinski definition) is 2. The Morgan fingerprint density at radius 3 is 2.66 bits per heavy atom. The summed E-state index contributed by atoms with van der Waals surface area (Å²) >= 11 is 1.26. The van der Waals surface area contributed by atoms with E-state index in [-0.39, 0.29) is 35.3 Å². The van der Waals surface area contributed by atoms with Gasteiger partial charge in [-0.2, -0.15) is 0 Å². The molecule has 2 aromatic rings. The molecule has 2 aromatic carbocycles. The van der Waals surface area contributed by atoms with Crippen molar-refractivity contribution in [2.45, 2.75) is 18.0 Å². The molecule has 0 aromatic heterocycles. The van der Waals surface area contributed by atoms with Crippen molar-refractivity contribution in [3.8, 4) is 5.75 Å². The predicted octanol–water partition coefficient (Wildman–Crippen LogP) is 2.52. The van der Waals surface area contributed by atoms with E-state index in [9.17, 15) is 29.9 Å². The zero-order chi connectivity index (χ0) is 22.8. The van der Waals surface area contributed by atoms with Gasteiger partial charge in [0.2, 0.25) is 0 Å². The molecule has 2 atom stereocenters. The molecule has 2 N–H and O–H groups in total. The van der Waals surface area contributed by atoms with Crippen molar-refractivity contribution in [2.75, 3.05) is 5.75 Å². The van der Waals surface area contributed by atoms with Crippen molar-refractivity contribution in [1.29, 1.82) is 0 Å². The van der Waals surface area contributed by atoms with E-state index in [2.05, 4.69) is 4.99 Å². The number of phenolic OH excluding ortho intramolecular Hbond substituents is 1. The number of nitro groups is 1. The molecule has 1 unspecified atom stereocenters. The molecule has 2 aliphatic heterocycles. The van der Waals surface area contributed by atoms with E-state index in [0.29, 0.717) is 11.1 Å². The first-order valence-electron chi connectivity index (χ1n) is 9.45. The lowest BCUT2D eigenvalue weighted by Crippen LogP contribution is -2.64. The Hall–Kier alpha value is -3.86. The molecular weight excluding hydrogens is 438 g/mol. The first-order valence-corrected chi connectivity index (χ1v) is 10.5. The number of carbonyl (C=O) groups excluding carboxylic acids is 2. The maximum atomic E-state index is 12.7. The van der Waals surface area contributed by atoms with E-state index in [4.69, 9.17) is 4.74 Å². The standard InChI is InChI=1S/C21H17N3O7S/c25-15-4-2-1-3-13(15)9-22-17-19(27)23-18(16(26)11-32-20(17)23)21(28)31-10-12-5-7-14(8-6-12)24(29)30/h1-9,17,20,25-26H,10-11H2/t17?,20-/m1/s1. The van der Waals surface area contributed by atoms with E-state index >= 15 is 0 Å². The summed E-state index contributed by atoms with van der Waals surface area (Å²) in [6, 6.07) is 11.3. The third-order valence-corrected chi connectivity index (χ3v) is 6.19. The van der Waals surface area contributed by atoms with E-state index in [1.54, 1.807) is 18.2 Å². The van der Waals surface area contributed by atoms with E-state index in [1.165, 1.54) is 48.3 Å². The summed E-state index contributed by atoms with van der Waals surface area (Å²) in [4.78, 5) is 40.9. The van der Waals surface area contributed by atoms with Crippen LogP contribution in [0.25, 0.3) is 0 Å². The smallest absolute Gasteiger partial charge is 0.358 e. The van der Waals surface area contributed by atoms with Gasteiger partial charge in [-0.3, -0.25) is 24.8 Å². The second kappa shape index (κ2) is 8.71. The Bertz CT molecular complexity index is 1150. The number of esters is 1. The highest BCUT2D eigenvalue weighted by molar-refractivity contribution is 8.00. The number of rotatable bonds is 6. The first kappa shape index (κ1) is 21.4. The summed E-state index contributed by atoms with van der Waals surface area (Å²) in [5, 5.41) is 30.3. The zero-order valence-electron chi connectivity index (χ0n) is 16.5. The van der Waals surface area contributed by atoms with Crippen LogP contribution in [0.1, 0.15) is 11.1 Å². The Labute approximate surface area is 186 Å². The fraction of sp³-hybridized carbons (Fsp3) is 0.190. The average molecular weight is 455 g/mol. The van der Waals surface area contributed by atoms with Crippen molar-refractivity contribution >= 4 is 35.5 Å². The molecule has 2 aliphatic rings. The lowest BCUT2D eigenvalue weighted by atomic mass is 10.1. The van der Waals surface area contributed by atoms with Crippen LogP contribution < -0.4 is 0 Å². The maximum Gasteiger partial charge on any atom is 0.358 e. The number of non-ortho nitro benzene ring substituents is 1. The van der Waals surface area contributed by atoms with Gasteiger partial charge in [0.15, 0.2) is 11.7 Å². The fourth-order valence-corrected chi connectivity index (χ4v) is 4.46. The summed E-state index contributed by atoms with van der Waals surface area (Å²) < 4.78 is 5.22. The molecule has 11 heteroatoms. The fourth-order valence-electron chi connectivity index (χ4n) is 3.27. The highest BCUT2D eigenvalue weighted by Gasteiger charge is 2.54. The molecular formula is C21H17N3O7S. The molecule has 0 radical (unpaired) electrons. The molecule has 0 aliphatic carbocycles. The van der Waals surface area contributed by atoms with Gasteiger partial charge in [0.25, 0.3) is 11.6 Å². The number of phenols is 1. The van der Waals surface area contributed by atoms with Crippen molar-refractivity contribution in [3.05, 3.63) is 81.2 Å². The summed E-state index contributed by atoms with van der Waals surface area (Å²) in [6.45, 7) is -0.178. The predicted molar refractivity (Wildman–Crippen MR) is 115 cm³/mol. The second-order valence-corrected chi connectivity index (χ2v) is 8.09. The van der Waals surface area contributed by atoms with Crippen molar-refractivity contribution in [2.24, 2.45) is 4.99 Å². The molecule has 1 fully saturated rings. The number of aliphatic hydroxyl groups excluding tert-OH is 1. The third-order valence-electron chi connectivity index (χ3n) is 4.94. The summed E-state index contributed by atoms with van der Waals surface area (Å²) in [5.74, 6) is -1.47. The summed E-state index contributed by atoms with van der Waals surface area (Å²) in [6.07, 6.45) is 1.40. The number of hydrogen-bond acceptors (Lipinski definition) is 9. The number of nitro benzene ring substituents is 1. The number of aliphatic hydroxyl groups is 1. The van der Waals surface area contributed by atoms with Gasteiger partial charge in [0.1, 0.15) is 23.5 Å². The normalized spacial score (nSPS) is 20.1. The van der Waals surface area contributed by atoms with Gasteiger partial charge in [-0.05, 0) is 29.8 Å². The largest absolute Gasteiger partial charge is 0.509 e. The van der Waals surface area contributed by atoms with Gasteiger partial charge in [-0.15, -0.1) is 11.8 Å². The third kappa shape index (κ3) is 4.02. The van der Waals surface area contributed by atoms with Gasteiger partial charge in [0.05, 0.1) is 10.7 Å². The van der Waals surface area contributed by atoms with Gasteiger partial charge in [0, 0.05) is 23.9 Å². The Morgan fingerprint density at radius 1 is 1.25 bits per heavy atom. The Balaban J connectivity index is 1.43. The van der Waals surface area contributed by atoms with Crippen LogP contribution in [0.3, 0.4) is 0 Å². The van der Waals surface area contributed by atoms with Gasteiger partial charge in [-0.1, -0.05) is 12.1 Å². The number of nitrogens with zero attached hydrogens (tertiary/aromatic N) is 3. The maximum absolute atomic E-state index is 12.7. The molecule has 32 heavy (non-hydrogen) atoms. The molecule has 0 bridgehead atoms. The first-order chi connectivity index (χ1) is 15.4. The number of benzene rings is 2. The van der Waals surface area contributed by atoms with E-state index in [1.807, 2.05) is 0 Å². The van der Waals surface area contributed by atoms with E-state index < -0.39 is 28.2 Å². The van der Waals surface area contributed by atoms with Gasteiger partial charge >= 0.3 is 5.97 Å². The monoisotopic (exact) mass is 455 g/mol. The molecule has 0 spiro atoms. The molecule has 1 saturated heterocycles. The van der Waals surface area contributed by atoms with Crippen LogP contribution in [-0.2, 0) is 20.9 Å². The number of β-lactam (4-membered cyclic amide) rings is 1. The Morgan fingerprint density at radius 2 is 1.97 bits per heavy atom. The van der Waals surface area contributed by atoms with Crippen molar-refractivity contribution in [3.63, 3.8) is 0 Å². The molecule has 1 amide bonds. The van der Waals surface area contributed by atoms with Crippen molar-refractivity contribution < 1.29 is 29.5 Å². The summed E-state index contributed by atoms with van der Waals surface area (Å²) in [7, 11) is 0. The number of aliphatic imine (C=N–C) groups is 1. The van der Waals surface area contributed by atoms with Crippen LogP contribution in [-0.4, -0.2) is 55.3 Å². The van der Waals surface area contributed by atoms with Gasteiger partial charge in [-0.25, -0.2) is 4.79 Å². The quantitative estimate of drug-likeness (QED) is 0.222. The lowest BCUT2D eigenvalue weighted by Gasteiger charge is -2.47. The SMILES string of the molecule is O=C(OCc1ccc([N+](=O)[O-])cc1)C1=C(O)CS[C@@H]2C(N=Cc3ccccc3O)C(=O)N12. The number of fused-ring (bicyclic) bond motifs is 1. The van der Waals surface area contributed by atoms with Gasteiger partial charge < -0.3 is 14.9 Å². The number of para-hydroxylation sites is 1. The zero-order valence-corrected chi connectivity index (χ0v) is 17.3. The molecule has 2 heterocycles. The number of aromatic hydroxyl groups is 1. The molecule has 0 saturated carbocycles.